The van der Waals surface area contributed by atoms with E-state index in [9.17, 15) is 13.2 Å². The molecule has 1 aromatic carbocycles. The molecule has 0 spiro atoms. The summed E-state index contributed by atoms with van der Waals surface area (Å²) in [7, 11) is 1.66. The second kappa shape index (κ2) is 4.45. The molecule has 2 rings (SSSR count). The van der Waals surface area contributed by atoms with Crippen molar-refractivity contribution in [2.24, 2.45) is 0 Å². The fraction of sp³-hybridized carbons (Fsp3) is 0.0833. The van der Waals surface area contributed by atoms with Crippen LogP contribution in [0.4, 0.5) is 19.0 Å². The second-order valence-corrected chi connectivity index (χ2v) is 3.38. The van der Waals surface area contributed by atoms with Gasteiger partial charge in [0.05, 0.1) is 5.69 Å². The van der Waals surface area contributed by atoms with Crippen LogP contribution in [0.1, 0.15) is 0 Å². The average Bonchev–Trinajstić information content (AvgIpc) is 2.36. The molecule has 1 N–H and O–H groups in total. The van der Waals surface area contributed by atoms with Gasteiger partial charge in [0, 0.05) is 12.6 Å². The van der Waals surface area contributed by atoms with Crippen LogP contribution in [0.15, 0.2) is 30.3 Å². The topological polar surface area (TPSA) is 24.9 Å². The van der Waals surface area contributed by atoms with Crippen LogP contribution in [0.2, 0.25) is 0 Å². The monoisotopic (exact) mass is 238 g/mol. The number of aromatic nitrogens is 1. The third kappa shape index (κ3) is 2.08. The Kier molecular flexibility index (Phi) is 2.99. The molecule has 2 aromatic rings. The summed E-state index contributed by atoms with van der Waals surface area (Å²) in [6.45, 7) is 0. The summed E-state index contributed by atoms with van der Waals surface area (Å²) >= 11 is 0. The molecular formula is C12H9F3N2. The average molecular weight is 238 g/mol. The molecular weight excluding hydrogens is 229 g/mol. The van der Waals surface area contributed by atoms with Gasteiger partial charge in [-0.2, -0.15) is 0 Å². The second-order valence-electron chi connectivity index (χ2n) is 3.38. The minimum absolute atomic E-state index is 0.0685. The molecule has 0 amide bonds. The standard InChI is InChI=1S/C12H9F3N2/c1-16-10-4-2-3-9(17-10)7-5-6-8(13)12(15)11(7)14/h2-6H,1H3,(H,16,17). The van der Waals surface area contributed by atoms with Gasteiger partial charge >= 0.3 is 0 Å². The number of benzene rings is 1. The summed E-state index contributed by atoms with van der Waals surface area (Å²) in [5.41, 5.74) is 0.175. The minimum atomic E-state index is -1.49. The van der Waals surface area contributed by atoms with Gasteiger partial charge in [0.15, 0.2) is 17.5 Å². The highest BCUT2D eigenvalue weighted by molar-refractivity contribution is 5.62. The molecule has 0 fully saturated rings. The molecule has 88 valence electrons. The first kappa shape index (κ1) is 11.4. The number of rotatable bonds is 2. The number of halogens is 3. The maximum Gasteiger partial charge on any atom is 0.195 e. The van der Waals surface area contributed by atoms with Gasteiger partial charge in [-0.3, -0.25) is 0 Å². The van der Waals surface area contributed by atoms with Gasteiger partial charge in [-0.15, -0.1) is 0 Å². The molecule has 5 heteroatoms. The van der Waals surface area contributed by atoms with E-state index < -0.39 is 17.5 Å². The van der Waals surface area contributed by atoms with Crippen LogP contribution in [-0.2, 0) is 0 Å². The first-order valence-corrected chi connectivity index (χ1v) is 4.92. The molecule has 0 saturated heterocycles. The summed E-state index contributed by atoms with van der Waals surface area (Å²) in [4.78, 5) is 4.05. The van der Waals surface area contributed by atoms with Crippen LogP contribution >= 0.6 is 0 Å². The molecule has 0 atom stereocenters. The number of anilines is 1. The quantitative estimate of drug-likeness (QED) is 0.812. The zero-order chi connectivity index (χ0) is 12.4. The largest absolute Gasteiger partial charge is 0.373 e. The molecule has 2 nitrogen and oxygen atoms in total. The lowest BCUT2D eigenvalue weighted by Gasteiger charge is -2.06. The number of nitrogens with zero attached hydrogens (tertiary/aromatic N) is 1. The molecule has 0 radical (unpaired) electrons. The van der Waals surface area contributed by atoms with Gasteiger partial charge in [0.2, 0.25) is 0 Å². The van der Waals surface area contributed by atoms with Crippen molar-refractivity contribution < 1.29 is 13.2 Å². The molecule has 0 saturated carbocycles. The molecule has 0 aliphatic heterocycles. The highest BCUT2D eigenvalue weighted by Gasteiger charge is 2.15. The van der Waals surface area contributed by atoms with Gasteiger partial charge in [-0.05, 0) is 24.3 Å². The van der Waals surface area contributed by atoms with E-state index in [2.05, 4.69) is 10.3 Å². The fourth-order valence-corrected chi connectivity index (χ4v) is 1.45. The Labute approximate surface area is 96.1 Å². The molecule has 0 aliphatic carbocycles. The van der Waals surface area contributed by atoms with Crippen molar-refractivity contribution >= 4 is 5.82 Å². The summed E-state index contributed by atoms with van der Waals surface area (Å²) in [5.74, 6) is -3.41. The van der Waals surface area contributed by atoms with E-state index >= 15 is 0 Å². The molecule has 1 heterocycles. The van der Waals surface area contributed by atoms with Crippen LogP contribution in [0.5, 0.6) is 0 Å². The third-order valence-electron chi connectivity index (χ3n) is 2.32. The molecule has 0 bridgehead atoms. The summed E-state index contributed by atoms with van der Waals surface area (Å²) < 4.78 is 39.3. The van der Waals surface area contributed by atoms with E-state index in [1.807, 2.05) is 0 Å². The Hall–Kier alpha value is -2.04. The van der Waals surface area contributed by atoms with Crippen molar-refractivity contribution in [2.45, 2.75) is 0 Å². The van der Waals surface area contributed by atoms with Crippen molar-refractivity contribution in [1.29, 1.82) is 0 Å². The zero-order valence-corrected chi connectivity index (χ0v) is 8.97. The van der Waals surface area contributed by atoms with Crippen LogP contribution in [0, 0.1) is 17.5 Å². The Morgan fingerprint density at radius 3 is 2.47 bits per heavy atom. The lowest BCUT2D eigenvalue weighted by molar-refractivity contribution is 0.449. The number of nitrogens with one attached hydrogen (secondary N) is 1. The van der Waals surface area contributed by atoms with E-state index in [1.165, 1.54) is 6.07 Å². The van der Waals surface area contributed by atoms with Gasteiger partial charge in [0.25, 0.3) is 0 Å². The van der Waals surface area contributed by atoms with Crippen LogP contribution in [-0.4, -0.2) is 12.0 Å². The predicted molar refractivity (Wildman–Crippen MR) is 59.1 cm³/mol. The number of hydrogen-bond donors (Lipinski definition) is 1. The van der Waals surface area contributed by atoms with Gasteiger partial charge in [-0.1, -0.05) is 6.07 Å². The van der Waals surface area contributed by atoms with E-state index in [-0.39, 0.29) is 11.3 Å². The Balaban J connectivity index is 2.56. The maximum atomic E-state index is 13.5. The summed E-state index contributed by atoms with van der Waals surface area (Å²) in [6.07, 6.45) is 0. The first-order valence-electron chi connectivity index (χ1n) is 4.92. The number of hydrogen-bond acceptors (Lipinski definition) is 2. The zero-order valence-electron chi connectivity index (χ0n) is 8.97. The van der Waals surface area contributed by atoms with Gasteiger partial charge in [0.1, 0.15) is 5.82 Å². The van der Waals surface area contributed by atoms with Crippen molar-refractivity contribution in [2.75, 3.05) is 12.4 Å². The Bertz CT molecular complexity index is 555. The summed E-state index contributed by atoms with van der Waals surface area (Å²) in [6, 6.07) is 6.89. The fourth-order valence-electron chi connectivity index (χ4n) is 1.45. The highest BCUT2D eigenvalue weighted by Crippen LogP contribution is 2.25. The van der Waals surface area contributed by atoms with E-state index in [4.69, 9.17) is 0 Å². The molecule has 1 aromatic heterocycles. The van der Waals surface area contributed by atoms with E-state index in [1.54, 1.807) is 19.2 Å². The smallest absolute Gasteiger partial charge is 0.195 e. The van der Waals surface area contributed by atoms with E-state index in [0.29, 0.717) is 5.82 Å². The Morgan fingerprint density at radius 2 is 1.76 bits per heavy atom. The van der Waals surface area contributed by atoms with Crippen molar-refractivity contribution in [3.05, 3.63) is 47.8 Å². The SMILES string of the molecule is CNc1cccc(-c2ccc(F)c(F)c2F)n1. The minimum Gasteiger partial charge on any atom is -0.373 e. The Morgan fingerprint density at radius 1 is 1.00 bits per heavy atom. The molecule has 0 unspecified atom stereocenters. The van der Waals surface area contributed by atoms with Crippen molar-refractivity contribution in [3.63, 3.8) is 0 Å². The van der Waals surface area contributed by atoms with E-state index in [0.717, 1.165) is 12.1 Å². The lowest BCUT2D eigenvalue weighted by Crippen LogP contribution is -1.97. The first-order chi connectivity index (χ1) is 8.13. The highest BCUT2D eigenvalue weighted by atomic mass is 19.2. The van der Waals surface area contributed by atoms with Gasteiger partial charge in [-0.25, -0.2) is 18.2 Å². The molecule has 17 heavy (non-hydrogen) atoms. The normalized spacial score (nSPS) is 10.4. The lowest BCUT2D eigenvalue weighted by atomic mass is 10.1. The van der Waals surface area contributed by atoms with Gasteiger partial charge < -0.3 is 5.32 Å². The maximum absolute atomic E-state index is 13.5. The summed E-state index contributed by atoms with van der Waals surface area (Å²) in [5, 5.41) is 2.78. The number of pyridine rings is 1. The predicted octanol–water partition coefficient (Wildman–Crippen LogP) is 3.21. The van der Waals surface area contributed by atoms with Crippen molar-refractivity contribution in [1.82, 2.24) is 4.98 Å². The third-order valence-corrected chi connectivity index (χ3v) is 2.32. The van der Waals surface area contributed by atoms with Crippen LogP contribution < -0.4 is 5.32 Å². The van der Waals surface area contributed by atoms with Crippen molar-refractivity contribution in [3.8, 4) is 11.3 Å². The van der Waals surface area contributed by atoms with Crippen LogP contribution in [0.25, 0.3) is 11.3 Å². The molecule has 0 aliphatic rings. The van der Waals surface area contributed by atoms with Crippen LogP contribution in [0.3, 0.4) is 0 Å².